The highest BCUT2D eigenvalue weighted by atomic mass is 16.2. The quantitative estimate of drug-likeness (QED) is 0.796. The van der Waals surface area contributed by atoms with Crippen molar-refractivity contribution in [3.63, 3.8) is 0 Å². The maximum Gasteiger partial charge on any atom is 0.241 e. The molecule has 3 heteroatoms. The van der Waals surface area contributed by atoms with Gasteiger partial charge in [-0.3, -0.25) is 10.1 Å². The lowest BCUT2D eigenvalue weighted by Gasteiger charge is -2.34. The Hall–Kier alpha value is -0.570. The Bertz CT molecular complexity index is 318. The summed E-state index contributed by atoms with van der Waals surface area (Å²) >= 11 is 0. The maximum absolute atomic E-state index is 12.7. The van der Waals surface area contributed by atoms with Crippen LogP contribution in [0, 0.1) is 11.8 Å². The van der Waals surface area contributed by atoms with Crippen LogP contribution in [0.5, 0.6) is 0 Å². The van der Waals surface area contributed by atoms with Gasteiger partial charge in [-0.2, -0.15) is 0 Å². The van der Waals surface area contributed by atoms with Crippen LogP contribution in [0.4, 0.5) is 0 Å². The van der Waals surface area contributed by atoms with E-state index in [0.29, 0.717) is 23.8 Å². The van der Waals surface area contributed by atoms with Gasteiger partial charge in [0.15, 0.2) is 0 Å². The molecule has 1 aliphatic heterocycles. The summed E-state index contributed by atoms with van der Waals surface area (Å²) < 4.78 is 0. The average molecular weight is 266 g/mol. The van der Waals surface area contributed by atoms with E-state index in [0.717, 1.165) is 6.42 Å². The van der Waals surface area contributed by atoms with Crippen molar-refractivity contribution in [1.82, 2.24) is 10.2 Å². The zero-order valence-electron chi connectivity index (χ0n) is 13.0. The molecule has 1 N–H and O–H groups in total. The van der Waals surface area contributed by atoms with Crippen LogP contribution in [0.15, 0.2) is 0 Å². The molecule has 19 heavy (non-hydrogen) atoms. The molecule has 1 saturated heterocycles. The molecule has 5 atom stereocenters. The summed E-state index contributed by atoms with van der Waals surface area (Å²) in [6.07, 6.45) is 7.66. The first-order valence-corrected chi connectivity index (χ1v) is 8.14. The second kappa shape index (κ2) is 6.25. The number of hydrogen-bond donors (Lipinski definition) is 1. The summed E-state index contributed by atoms with van der Waals surface area (Å²) in [5.74, 6) is 1.42. The van der Waals surface area contributed by atoms with Crippen LogP contribution in [0.3, 0.4) is 0 Å². The molecule has 0 aromatic rings. The van der Waals surface area contributed by atoms with Gasteiger partial charge in [-0.05, 0) is 31.6 Å². The molecule has 3 nitrogen and oxygen atoms in total. The minimum atomic E-state index is 0.0375. The molecular formula is C16H30N2O. The molecule has 0 aromatic heterocycles. The first-order valence-electron chi connectivity index (χ1n) is 8.14. The number of rotatable bonds is 3. The standard InChI is InChI=1S/C16H30N2O/c1-5-11(2)15-16(19)18(13(4)17-15)14-10-8-6-7-9-12(14)3/h11-15,17H,5-10H2,1-4H3. The largest absolute Gasteiger partial charge is 0.323 e. The van der Waals surface area contributed by atoms with Gasteiger partial charge >= 0.3 is 0 Å². The van der Waals surface area contributed by atoms with E-state index >= 15 is 0 Å². The second-order valence-electron chi connectivity index (χ2n) is 6.63. The van der Waals surface area contributed by atoms with E-state index in [1.807, 2.05) is 0 Å². The van der Waals surface area contributed by atoms with Crippen LogP contribution in [0.25, 0.3) is 0 Å². The van der Waals surface area contributed by atoms with E-state index in [-0.39, 0.29) is 12.2 Å². The fourth-order valence-electron chi connectivity index (χ4n) is 3.74. The molecule has 110 valence electrons. The summed E-state index contributed by atoms with van der Waals surface area (Å²) in [4.78, 5) is 14.9. The van der Waals surface area contributed by atoms with Crippen molar-refractivity contribution >= 4 is 5.91 Å². The highest BCUT2D eigenvalue weighted by Gasteiger charge is 2.43. The van der Waals surface area contributed by atoms with Crippen LogP contribution in [0.1, 0.15) is 66.2 Å². The third-order valence-corrected chi connectivity index (χ3v) is 5.25. The smallest absolute Gasteiger partial charge is 0.241 e. The maximum atomic E-state index is 12.7. The van der Waals surface area contributed by atoms with E-state index in [9.17, 15) is 4.79 Å². The fourth-order valence-corrected chi connectivity index (χ4v) is 3.74. The van der Waals surface area contributed by atoms with Gasteiger partial charge < -0.3 is 4.90 Å². The third-order valence-electron chi connectivity index (χ3n) is 5.25. The number of carbonyl (C=O) groups is 1. The van der Waals surface area contributed by atoms with Crippen molar-refractivity contribution in [3.05, 3.63) is 0 Å². The van der Waals surface area contributed by atoms with Crippen LogP contribution < -0.4 is 5.32 Å². The average Bonchev–Trinajstić information content (AvgIpc) is 2.56. The van der Waals surface area contributed by atoms with Gasteiger partial charge in [0.2, 0.25) is 5.91 Å². The van der Waals surface area contributed by atoms with Crippen molar-refractivity contribution in [2.24, 2.45) is 11.8 Å². The van der Waals surface area contributed by atoms with Gasteiger partial charge in [-0.15, -0.1) is 0 Å². The topological polar surface area (TPSA) is 32.3 Å². The van der Waals surface area contributed by atoms with Crippen molar-refractivity contribution in [2.75, 3.05) is 0 Å². The van der Waals surface area contributed by atoms with Gasteiger partial charge in [0.05, 0.1) is 12.2 Å². The Morgan fingerprint density at radius 1 is 1.26 bits per heavy atom. The normalized spacial score (nSPS) is 38.3. The molecule has 1 amide bonds. The molecule has 1 aliphatic carbocycles. The van der Waals surface area contributed by atoms with Crippen molar-refractivity contribution in [2.45, 2.75) is 84.5 Å². The predicted octanol–water partition coefficient (Wildman–Crippen LogP) is 3.15. The predicted molar refractivity (Wildman–Crippen MR) is 78.7 cm³/mol. The molecule has 2 aliphatic rings. The molecule has 0 spiro atoms. The number of nitrogens with one attached hydrogen (secondary N) is 1. The molecule has 2 rings (SSSR count). The Labute approximate surface area is 118 Å². The minimum Gasteiger partial charge on any atom is -0.323 e. The Balaban J connectivity index is 2.12. The van der Waals surface area contributed by atoms with Crippen LogP contribution in [0.2, 0.25) is 0 Å². The van der Waals surface area contributed by atoms with Crippen molar-refractivity contribution in [3.8, 4) is 0 Å². The number of hydrogen-bond acceptors (Lipinski definition) is 2. The summed E-state index contributed by atoms with van der Waals surface area (Å²) in [6.45, 7) is 8.83. The fraction of sp³-hybridized carbons (Fsp3) is 0.938. The minimum absolute atomic E-state index is 0.0375. The number of nitrogens with zero attached hydrogens (tertiary/aromatic N) is 1. The monoisotopic (exact) mass is 266 g/mol. The lowest BCUT2D eigenvalue weighted by molar-refractivity contribution is -0.134. The van der Waals surface area contributed by atoms with Gasteiger partial charge in [0, 0.05) is 6.04 Å². The highest BCUT2D eigenvalue weighted by Crippen LogP contribution is 2.31. The van der Waals surface area contributed by atoms with E-state index in [1.165, 1.54) is 32.1 Å². The first-order chi connectivity index (χ1) is 9.06. The lowest BCUT2D eigenvalue weighted by Crippen LogP contribution is -2.46. The summed E-state index contributed by atoms with van der Waals surface area (Å²) in [5, 5.41) is 3.52. The van der Waals surface area contributed by atoms with E-state index in [2.05, 4.69) is 37.9 Å². The molecule has 0 aromatic carbocycles. The Kier molecular flexibility index (Phi) is 4.88. The van der Waals surface area contributed by atoms with E-state index in [4.69, 9.17) is 0 Å². The number of amides is 1. The van der Waals surface area contributed by atoms with Crippen LogP contribution >= 0.6 is 0 Å². The van der Waals surface area contributed by atoms with Crippen molar-refractivity contribution in [1.29, 1.82) is 0 Å². The molecule has 5 unspecified atom stereocenters. The molecular weight excluding hydrogens is 236 g/mol. The van der Waals surface area contributed by atoms with Crippen LogP contribution in [-0.4, -0.2) is 29.1 Å². The Morgan fingerprint density at radius 3 is 2.63 bits per heavy atom. The molecule has 1 heterocycles. The third kappa shape index (κ3) is 2.96. The van der Waals surface area contributed by atoms with Gasteiger partial charge in [-0.1, -0.05) is 46.5 Å². The van der Waals surface area contributed by atoms with Crippen LogP contribution in [-0.2, 0) is 4.79 Å². The molecule has 0 bridgehead atoms. The first kappa shape index (κ1) is 14.8. The summed E-state index contributed by atoms with van der Waals surface area (Å²) in [7, 11) is 0. The Morgan fingerprint density at radius 2 is 1.95 bits per heavy atom. The summed E-state index contributed by atoms with van der Waals surface area (Å²) in [5.41, 5.74) is 0. The van der Waals surface area contributed by atoms with Gasteiger partial charge in [-0.25, -0.2) is 0 Å². The SMILES string of the molecule is CCC(C)C1NC(C)N(C2CCCCCC2C)C1=O. The zero-order valence-corrected chi connectivity index (χ0v) is 13.0. The van der Waals surface area contributed by atoms with E-state index in [1.54, 1.807) is 0 Å². The van der Waals surface area contributed by atoms with E-state index < -0.39 is 0 Å². The molecule has 1 saturated carbocycles. The summed E-state index contributed by atoms with van der Waals surface area (Å²) in [6, 6.07) is 0.488. The van der Waals surface area contributed by atoms with Gasteiger partial charge in [0.25, 0.3) is 0 Å². The number of carbonyl (C=O) groups excluding carboxylic acids is 1. The lowest BCUT2D eigenvalue weighted by atomic mass is 9.94. The highest BCUT2D eigenvalue weighted by molar-refractivity contribution is 5.85. The molecule has 2 fully saturated rings. The second-order valence-corrected chi connectivity index (χ2v) is 6.63. The molecule has 0 radical (unpaired) electrons. The van der Waals surface area contributed by atoms with Gasteiger partial charge in [0.1, 0.15) is 0 Å². The van der Waals surface area contributed by atoms with Crippen molar-refractivity contribution < 1.29 is 4.79 Å². The zero-order chi connectivity index (χ0) is 14.0.